The number of aldehydes is 1. The van der Waals surface area contributed by atoms with Crippen molar-refractivity contribution in [1.82, 2.24) is 0 Å². The van der Waals surface area contributed by atoms with E-state index in [4.69, 9.17) is 0 Å². The van der Waals surface area contributed by atoms with Crippen molar-refractivity contribution in [1.29, 1.82) is 0 Å². The van der Waals surface area contributed by atoms with E-state index in [1.807, 2.05) is 0 Å². The molecular weight excluding hydrogens is 144 g/mol. The average Bonchev–Trinajstić information content (AvgIpc) is 1.97. The first-order chi connectivity index (χ1) is 5.18. The van der Waals surface area contributed by atoms with Crippen LogP contribution in [0.5, 0.6) is 0 Å². The standard InChI is InChI=1S/C8H14O3/c1-7(8(10)11)5-3-2-4-6-9/h6-7H,2-5H2,1H3,(H,10,11)/p-1. The molecule has 0 saturated carbocycles. The molecule has 0 fully saturated rings. The molecule has 0 aromatic carbocycles. The second kappa shape index (κ2) is 5.89. The van der Waals surface area contributed by atoms with Crippen molar-refractivity contribution in [3.05, 3.63) is 0 Å². The minimum Gasteiger partial charge on any atom is -0.550 e. The minimum atomic E-state index is -1.00. The fraction of sp³-hybridized carbons (Fsp3) is 0.750. The zero-order valence-electron chi connectivity index (χ0n) is 6.71. The number of rotatable bonds is 6. The van der Waals surface area contributed by atoms with Gasteiger partial charge in [0.05, 0.1) is 0 Å². The molecule has 1 unspecified atom stereocenters. The summed E-state index contributed by atoms with van der Waals surface area (Å²) in [7, 11) is 0. The van der Waals surface area contributed by atoms with Crippen LogP contribution in [0.2, 0.25) is 0 Å². The Bertz CT molecular complexity index is 131. The summed E-state index contributed by atoms with van der Waals surface area (Å²) in [5.41, 5.74) is 0. The van der Waals surface area contributed by atoms with Gasteiger partial charge in [0.1, 0.15) is 6.29 Å². The molecule has 3 nitrogen and oxygen atoms in total. The molecule has 0 heterocycles. The lowest BCUT2D eigenvalue weighted by molar-refractivity contribution is -0.311. The molecule has 0 rings (SSSR count). The van der Waals surface area contributed by atoms with Gasteiger partial charge < -0.3 is 14.7 Å². The number of carbonyl (C=O) groups is 2. The fourth-order valence-corrected chi connectivity index (χ4v) is 0.796. The van der Waals surface area contributed by atoms with Gasteiger partial charge in [-0.1, -0.05) is 13.3 Å². The van der Waals surface area contributed by atoms with Gasteiger partial charge >= 0.3 is 0 Å². The summed E-state index contributed by atoms with van der Waals surface area (Å²) < 4.78 is 0. The van der Waals surface area contributed by atoms with Crippen LogP contribution in [0.15, 0.2) is 0 Å². The highest BCUT2D eigenvalue weighted by atomic mass is 16.4. The highest BCUT2D eigenvalue weighted by molar-refractivity contribution is 5.66. The van der Waals surface area contributed by atoms with Crippen molar-refractivity contribution in [3.8, 4) is 0 Å². The Morgan fingerprint density at radius 2 is 2.18 bits per heavy atom. The summed E-state index contributed by atoms with van der Waals surface area (Å²) in [5, 5.41) is 10.2. The second-order valence-corrected chi connectivity index (χ2v) is 2.67. The van der Waals surface area contributed by atoms with Gasteiger partial charge in [0.25, 0.3) is 0 Å². The van der Waals surface area contributed by atoms with Crippen LogP contribution in [0.4, 0.5) is 0 Å². The van der Waals surface area contributed by atoms with Crippen molar-refractivity contribution >= 4 is 12.3 Å². The highest BCUT2D eigenvalue weighted by Gasteiger charge is 2.00. The van der Waals surface area contributed by atoms with E-state index in [9.17, 15) is 14.7 Å². The Balaban J connectivity index is 3.24. The number of hydrogen-bond donors (Lipinski definition) is 0. The minimum absolute atomic E-state index is 0.387. The van der Waals surface area contributed by atoms with Gasteiger partial charge in [-0.2, -0.15) is 0 Å². The van der Waals surface area contributed by atoms with Gasteiger partial charge in [-0.25, -0.2) is 0 Å². The smallest absolute Gasteiger partial charge is 0.119 e. The monoisotopic (exact) mass is 157 g/mol. The van der Waals surface area contributed by atoms with E-state index in [0.717, 1.165) is 19.1 Å². The lowest BCUT2D eigenvalue weighted by Crippen LogP contribution is -2.29. The Morgan fingerprint density at radius 1 is 1.55 bits per heavy atom. The summed E-state index contributed by atoms with van der Waals surface area (Å²) in [6.07, 6.45) is 3.55. The van der Waals surface area contributed by atoms with Crippen LogP contribution >= 0.6 is 0 Å². The molecule has 11 heavy (non-hydrogen) atoms. The van der Waals surface area contributed by atoms with Gasteiger partial charge in [0.15, 0.2) is 0 Å². The van der Waals surface area contributed by atoms with Crippen molar-refractivity contribution in [2.24, 2.45) is 5.92 Å². The molecule has 0 spiro atoms. The molecular formula is C8H13O3-. The number of carbonyl (C=O) groups excluding carboxylic acids is 2. The molecule has 0 aromatic rings. The number of aliphatic carboxylic acids is 1. The van der Waals surface area contributed by atoms with Crippen molar-refractivity contribution < 1.29 is 14.7 Å². The summed E-state index contributed by atoms with van der Waals surface area (Å²) >= 11 is 0. The number of carboxylic acid groups (broad SMARTS) is 1. The average molecular weight is 157 g/mol. The summed E-state index contributed by atoms with van der Waals surface area (Å²) in [5.74, 6) is -1.39. The third-order valence-corrected chi connectivity index (χ3v) is 1.61. The molecule has 1 atom stereocenters. The zero-order valence-corrected chi connectivity index (χ0v) is 6.71. The first kappa shape index (κ1) is 10.1. The summed E-state index contributed by atoms with van der Waals surface area (Å²) in [6, 6.07) is 0. The molecule has 0 radical (unpaired) electrons. The lowest BCUT2D eigenvalue weighted by Gasteiger charge is -2.10. The molecule has 0 amide bonds. The van der Waals surface area contributed by atoms with E-state index in [1.54, 1.807) is 6.92 Å². The van der Waals surface area contributed by atoms with Crippen LogP contribution in [-0.2, 0) is 9.59 Å². The first-order valence-corrected chi connectivity index (χ1v) is 3.83. The van der Waals surface area contributed by atoms with E-state index in [1.165, 1.54) is 0 Å². The Labute approximate surface area is 66.4 Å². The van der Waals surface area contributed by atoms with E-state index in [-0.39, 0.29) is 5.92 Å². The molecule has 0 aliphatic heterocycles. The normalized spacial score (nSPS) is 12.5. The van der Waals surface area contributed by atoms with Crippen LogP contribution in [0.1, 0.15) is 32.6 Å². The van der Waals surface area contributed by atoms with Gasteiger partial charge in [0.2, 0.25) is 0 Å². The summed E-state index contributed by atoms with van der Waals surface area (Å²) in [6.45, 7) is 1.62. The lowest BCUT2D eigenvalue weighted by atomic mass is 10.0. The Morgan fingerprint density at radius 3 is 2.64 bits per heavy atom. The zero-order chi connectivity index (χ0) is 8.69. The molecule has 64 valence electrons. The molecule has 0 aliphatic rings. The number of hydrogen-bond acceptors (Lipinski definition) is 3. The van der Waals surface area contributed by atoms with Crippen LogP contribution in [0.3, 0.4) is 0 Å². The van der Waals surface area contributed by atoms with Crippen LogP contribution in [0, 0.1) is 5.92 Å². The maximum absolute atomic E-state index is 10.2. The first-order valence-electron chi connectivity index (χ1n) is 3.83. The summed E-state index contributed by atoms with van der Waals surface area (Å²) in [4.78, 5) is 20.0. The Kier molecular flexibility index (Phi) is 5.43. The van der Waals surface area contributed by atoms with E-state index >= 15 is 0 Å². The fourth-order valence-electron chi connectivity index (χ4n) is 0.796. The molecule has 0 aromatic heterocycles. The van der Waals surface area contributed by atoms with E-state index in [2.05, 4.69) is 0 Å². The number of carboxylic acids is 1. The second-order valence-electron chi connectivity index (χ2n) is 2.67. The third-order valence-electron chi connectivity index (χ3n) is 1.61. The van der Waals surface area contributed by atoms with Crippen LogP contribution in [0.25, 0.3) is 0 Å². The SMILES string of the molecule is CC(CCCCC=O)C(=O)[O-]. The molecule has 0 bridgehead atoms. The topological polar surface area (TPSA) is 57.2 Å². The van der Waals surface area contributed by atoms with E-state index in [0.29, 0.717) is 12.8 Å². The maximum Gasteiger partial charge on any atom is 0.119 e. The van der Waals surface area contributed by atoms with Gasteiger partial charge in [-0.05, 0) is 18.8 Å². The largest absolute Gasteiger partial charge is 0.550 e. The van der Waals surface area contributed by atoms with Crippen molar-refractivity contribution in [2.45, 2.75) is 32.6 Å². The maximum atomic E-state index is 10.2. The van der Waals surface area contributed by atoms with Crippen LogP contribution in [-0.4, -0.2) is 12.3 Å². The van der Waals surface area contributed by atoms with Crippen LogP contribution < -0.4 is 5.11 Å². The Hall–Kier alpha value is -0.860. The molecule has 3 heteroatoms. The van der Waals surface area contributed by atoms with E-state index < -0.39 is 5.97 Å². The number of unbranched alkanes of at least 4 members (excludes halogenated alkanes) is 2. The molecule has 0 N–H and O–H groups in total. The molecule has 0 saturated heterocycles. The predicted molar refractivity (Wildman–Crippen MR) is 38.7 cm³/mol. The molecule has 0 aliphatic carbocycles. The quantitative estimate of drug-likeness (QED) is 0.407. The van der Waals surface area contributed by atoms with Crippen molar-refractivity contribution in [3.63, 3.8) is 0 Å². The van der Waals surface area contributed by atoms with Gasteiger partial charge in [-0.3, -0.25) is 0 Å². The highest BCUT2D eigenvalue weighted by Crippen LogP contribution is 2.07. The van der Waals surface area contributed by atoms with Crippen molar-refractivity contribution in [2.75, 3.05) is 0 Å². The predicted octanol–water partition coefficient (Wildman–Crippen LogP) is 0.132. The van der Waals surface area contributed by atoms with Gasteiger partial charge in [0, 0.05) is 12.4 Å². The third kappa shape index (κ3) is 5.58. The van der Waals surface area contributed by atoms with Gasteiger partial charge in [-0.15, -0.1) is 0 Å².